The average Bonchev–Trinajstić information content (AvgIpc) is 2.16. The van der Waals surface area contributed by atoms with Gasteiger partial charge in [-0.3, -0.25) is 0 Å². The average molecular weight is 208 g/mol. The third-order valence-corrected chi connectivity index (χ3v) is 2.03. The Morgan fingerprint density at radius 2 is 2.27 bits per heavy atom. The van der Waals surface area contributed by atoms with Gasteiger partial charge in [0, 0.05) is 13.6 Å². The lowest BCUT2D eigenvalue weighted by Gasteiger charge is -2.21. The highest BCUT2D eigenvalue weighted by Crippen LogP contribution is 2.19. The lowest BCUT2D eigenvalue weighted by atomic mass is 10.1. The van der Waals surface area contributed by atoms with E-state index >= 15 is 0 Å². The molecule has 80 valence electrons. The van der Waals surface area contributed by atoms with Crippen LogP contribution in [0.15, 0.2) is 18.2 Å². The first kappa shape index (κ1) is 11.5. The molecule has 1 N–H and O–H groups in total. The van der Waals surface area contributed by atoms with Crippen LogP contribution in [0, 0.1) is 17.1 Å². The minimum absolute atomic E-state index is 0.276. The van der Waals surface area contributed by atoms with Crippen LogP contribution in [-0.4, -0.2) is 24.8 Å². The summed E-state index contributed by atoms with van der Waals surface area (Å²) in [6, 6.07) is 5.95. The number of halogens is 1. The number of benzene rings is 1. The topological polar surface area (TPSA) is 47.3 Å². The van der Waals surface area contributed by atoms with Gasteiger partial charge in [0.1, 0.15) is 11.9 Å². The highest BCUT2D eigenvalue weighted by molar-refractivity contribution is 5.58. The monoisotopic (exact) mass is 208 g/mol. The van der Waals surface area contributed by atoms with E-state index in [-0.39, 0.29) is 5.56 Å². The number of hydrogen-bond acceptors (Lipinski definition) is 3. The minimum atomic E-state index is -0.494. The quantitative estimate of drug-likeness (QED) is 0.819. The molecule has 0 saturated heterocycles. The highest BCUT2D eigenvalue weighted by atomic mass is 19.1. The van der Waals surface area contributed by atoms with Gasteiger partial charge in [-0.25, -0.2) is 4.39 Å². The van der Waals surface area contributed by atoms with Gasteiger partial charge in [0.15, 0.2) is 0 Å². The number of hydrogen-bond donors (Lipinski definition) is 1. The lowest BCUT2D eigenvalue weighted by Crippen LogP contribution is -2.27. The Kier molecular flexibility index (Phi) is 3.64. The van der Waals surface area contributed by atoms with Gasteiger partial charge in [-0.15, -0.1) is 0 Å². The Balaban J connectivity index is 2.99. The molecular weight excluding hydrogens is 195 g/mol. The standard InChI is InChI=1S/C11H13FN2O/c1-8(15)7-14(2)11-4-3-10(12)5-9(11)6-13/h3-5,8,15H,7H2,1-2H3/t8-/m1/s1. The molecule has 0 bridgehead atoms. The summed E-state index contributed by atoms with van der Waals surface area (Å²) in [5.74, 6) is -0.430. The molecule has 0 heterocycles. The van der Waals surface area contributed by atoms with Gasteiger partial charge >= 0.3 is 0 Å². The van der Waals surface area contributed by atoms with Crippen molar-refractivity contribution in [3.05, 3.63) is 29.6 Å². The van der Waals surface area contributed by atoms with E-state index in [0.717, 1.165) is 0 Å². The number of rotatable bonds is 3. The van der Waals surface area contributed by atoms with Gasteiger partial charge in [-0.1, -0.05) is 0 Å². The maximum atomic E-state index is 12.8. The first-order valence-electron chi connectivity index (χ1n) is 4.63. The normalized spacial score (nSPS) is 11.9. The molecule has 4 heteroatoms. The van der Waals surface area contributed by atoms with Crippen molar-refractivity contribution in [1.29, 1.82) is 5.26 Å². The number of nitriles is 1. The van der Waals surface area contributed by atoms with Crippen molar-refractivity contribution in [2.24, 2.45) is 0 Å². The Hall–Kier alpha value is -1.60. The van der Waals surface area contributed by atoms with Gasteiger partial charge in [-0.05, 0) is 25.1 Å². The lowest BCUT2D eigenvalue weighted by molar-refractivity contribution is 0.201. The van der Waals surface area contributed by atoms with E-state index in [9.17, 15) is 9.50 Å². The second-order valence-corrected chi connectivity index (χ2v) is 3.50. The fraction of sp³-hybridized carbons (Fsp3) is 0.364. The predicted molar refractivity (Wildman–Crippen MR) is 56.1 cm³/mol. The maximum absolute atomic E-state index is 12.8. The van der Waals surface area contributed by atoms with Crippen molar-refractivity contribution in [2.75, 3.05) is 18.5 Å². The van der Waals surface area contributed by atoms with Crippen LogP contribution >= 0.6 is 0 Å². The second kappa shape index (κ2) is 4.76. The molecule has 0 aliphatic heterocycles. The Morgan fingerprint density at radius 3 is 2.80 bits per heavy atom. The summed E-state index contributed by atoms with van der Waals surface area (Å²) >= 11 is 0. The van der Waals surface area contributed by atoms with Crippen molar-refractivity contribution < 1.29 is 9.50 Å². The van der Waals surface area contributed by atoms with Gasteiger partial charge in [-0.2, -0.15) is 5.26 Å². The van der Waals surface area contributed by atoms with Crippen LogP contribution in [0.25, 0.3) is 0 Å². The zero-order chi connectivity index (χ0) is 11.4. The van der Waals surface area contributed by atoms with Crippen molar-refractivity contribution >= 4 is 5.69 Å². The molecule has 0 unspecified atom stereocenters. The molecule has 0 aliphatic carbocycles. The van der Waals surface area contributed by atoms with E-state index in [4.69, 9.17) is 5.26 Å². The van der Waals surface area contributed by atoms with E-state index < -0.39 is 11.9 Å². The largest absolute Gasteiger partial charge is 0.392 e. The molecule has 1 atom stereocenters. The number of nitrogens with zero attached hydrogens (tertiary/aromatic N) is 2. The summed E-state index contributed by atoms with van der Waals surface area (Å²) in [6.07, 6.45) is -0.494. The molecule has 0 aliphatic rings. The summed E-state index contributed by atoms with van der Waals surface area (Å²) in [5, 5.41) is 18.0. The third-order valence-electron chi connectivity index (χ3n) is 2.03. The smallest absolute Gasteiger partial charge is 0.124 e. The van der Waals surface area contributed by atoms with Crippen LogP contribution in [0.2, 0.25) is 0 Å². The van der Waals surface area contributed by atoms with Crippen molar-refractivity contribution in [3.63, 3.8) is 0 Å². The first-order valence-corrected chi connectivity index (χ1v) is 4.63. The Labute approximate surface area is 88.4 Å². The number of anilines is 1. The van der Waals surface area contributed by atoms with E-state index in [2.05, 4.69) is 0 Å². The van der Waals surface area contributed by atoms with Gasteiger partial charge in [0.2, 0.25) is 0 Å². The SMILES string of the molecule is C[C@@H](O)CN(C)c1ccc(F)cc1C#N. The fourth-order valence-corrected chi connectivity index (χ4v) is 1.43. The van der Waals surface area contributed by atoms with E-state index in [1.807, 2.05) is 6.07 Å². The van der Waals surface area contributed by atoms with Crippen molar-refractivity contribution in [1.82, 2.24) is 0 Å². The molecule has 0 aromatic heterocycles. The Morgan fingerprint density at radius 1 is 1.60 bits per heavy atom. The van der Waals surface area contributed by atoms with E-state index in [1.54, 1.807) is 18.9 Å². The summed E-state index contributed by atoms with van der Waals surface area (Å²) < 4.78 is 12.8. The summed E-state index contributed by atoms with van der Waals surface area (Å²) in [7, 11) is 1.75. The molecule has 1 aromatic carbocycles. The van der Waals surface area contributed by atoms with Gasteiger partial charge < -0.3 is 10.0 Å². The number of aliphatic hydroxyl groups is 1. The highest BCUT2D eigenvalue weighted by Gasteiger charge is 2.09. The number of aliphatic hydroxyl groups excluding tert-OH is 1. The van der Waals surface area contributed by atoms with Crippen LogP contribution in [-0.2, 0) is 0 Å². The summed E-state index contributed by atoms with van der Waals surface area (Å²) in [6.45, 7) is 2.06. The third kappa shape index (κ3) is 2.93. The predicted octanol–water partition coefficient (Wildman–Crippen LogP) is 1.51. The van der Waals surface area contributed by atoms with Crippen LogP contribution in [0.1, 0.15) is 12.5 Å². The van der Waals surface area contributed by atoms with Gasteiger partial charge in [0.05, 0.1) is 17.4 Å². The fourth-order valence-electron chi connectivity index (χ4n) is 1.43. The molecular formula is C11H13FN2O. The molecule has 0 radical (unpaired) electrons. The van der Waals surface area contributed by atoms with Crippen LogP contribution in [0.5, 0.6) is 0 Å². The van der Waals surface area contributed by atoms with Crippen LogP contribution in [0.3, 0.4) is 0 Å². The maximum Gasteiger partial charge on any atom is 0.124 e. The molecule has 1 rings (SSSR count). The zero-order valence-electron chi connectivity index (χ0n) is 8.74. The molecule has 0 spiro atoms. The second-order valence-electron chi connectivity index (χ2n) is 3.50. The zero-order valence-corrected chi connectivity index (χ0v) is 8.74. The number of likely N-dealkylation sites (N-methyl/N-ethyl adjacent to an activating group) is 1. The van der Waals surface area contributed by atoms with Crippen molar-refractivity contribution in [2.45, 2.75) is 13.0 Å². The molecule has 15 heavy (non-hydrogen) atoms. The molecule has 1 aromatic rings. The molecule has 0 amide bonds. The Bertz CT molecular complexity index is 385. The molecule has 0 fully saturated rings. The molecule has 0 saturated carbocycles. The van der Waals surface area contributed by atoms with E-state index in [0.29, 0.717) is 12.2 Å². The minimum Gasteiger partial charge on any atom is -0.392 e. The van der Waals surface area contributed by atoms with E-state index in [1.165, 1.54) is 18.2 Å². The molecule has 3 nitrogen and oxygen atoms in total. The van der Waals surface area contributed by atoms with Crippen molar-refractivity contribution in [3.8, 4) is 6.07 Å². The first-order chi connectivity index (χ1) is 7.04. The summed E-state index contributed by atoms with van der Waals surface area (Å²) in [5.41, 5.74) is 0.901. The van der Waals surface area contributed by atoms with Crippen LogP contribution < -0.4 is 4.90 Å². The van der Waals surface area contributed by atoms with Gasteiger partial charge in [0.25, 0.3) is 0 Å². The summed E-state index contributed by atoms with van der Waals surface area (Å²) in [4.78, 5) is 1.72. The van der Waals surface area contributed by atoms with Crippen LogP contribution in [0.4, 0.5) is 10.1 Å².